The first-order valence-electron chi connectivity index (χ1n) is 10.3. The molecule has 2 saturated heterocycles. The number of hydrogen-bond acceptors (Lipinski definition) is 3. The van der Waals surface area contributed by atoms with Crippen molar-refractivity contribution in [2.45, 2.75) is 50.6 Å². The first kappa shape index (κ1) is 19.4. The summed E-state index contributed by atoms with van der Waals surface area (Å²) in [5.41, 5.74) is 2.52. The van der Waals surface area contributed by atoms with Crippen molar-refractivity contribution in [1.29, 1.82) is 0 Å². The van der Waals surface area contributed by atoms with Crippen molar-refractivity contribution in [1.82, 2.24) is 14.8 Å². The molecule has 0 N–H and O–H groups in total. The van der Waals surface area contributed by atoms with Crippen LogP contribution >= 0.6 is 11.6 Å². The topological polar surface area (TPSA) is 36.4 Å². The highest BCUT2D eigenvalue weighted by Crippen LogP contribution is 2.38. The molecule has 1 aromatic heterocycles. The minimum absolute atomic E-state index is 0.129. The molecular formula is C23H28ClN3O. The third-order valence-corrected chi connectivity index (χ3v) is 6.50. The lowest BCUT2D eigenvalue weighted by atomic mass is 9.86. The number of aryl methyl sites for hydroxylation is 1. The van der Waals surface area contributed by atoms with Gasteiger partial charge in [0, 0.05) is 49.0 Å². The van der Waals surface area contributed by atoms with E-state index in [0.29, 0.717) is 6.42 Å². The number of carbonyl (C=O) groups excluding carboxylic acids is 1. The molecule has 28 heavy (non-hydrogen) atoms. The summed E-state index contributed by atoms with van der Waals surface area (Å²) >= 11 is 6.18. The Labute approximate surface area is 172 Å². The number of pyridine rings is 1. The van der Waals surface area contributed by atoms with Crippen LogP contribution in [0.15, 0.2) is 48.8 Å². The van der Waals surface area contributed by atoms with Crippen molar-refractivity contribution < 1.29 is 4.79 Å². The summed E-state index contributed by atoms with van der Waals surface area (Å²) in [5, 5.41) is 0.793. The zero-order valence-corrected chi connectivity index (χ0v) is 17.1. The monoisotopic (exact) mass is 397 g/mol. The van der Waals surface area contributed by atoms with E-state index in [9.17, 15) is 4.79 Å². The van der Waals surface area contributed by atoms with Gasteiger partial charge in [0.1, 0.15) is 0 Å². The van der Waals surface area contributed by atoms with Crippen LogP contribution in [0.1, 0.15) is 43.2 Å². The predicted molar refractivity (Wildman–Crippen MR) is 112 cm³/mol. The molecule has 5 heteroatoms. The molecular weight excluding hydrogens is 370 g/mol. The summed E-state index contributed by atoms with van der Waals surface area (Å²) in [5.74, 6) is 0.275. The predicted octanol–water partition coefficient (Wildman–Crippen LogP) is 4.32. The highest BCUT2D eigenvalue weighted by molar-refractivity contribution is 6.30. The number of aromatic nitrogens is 1. The second-order valence-electron chi connectivity index (χ2n) is 8.16. The van der Waals surface area contributed by atoms with Crippen LogP contribution in [0.5, 0.6) is 0 Å². The molecule has 148 valence electrons. The number of likely N-dealkylation sites (tertiary alicyclic amines) is 2. The normalized spacial score (nSPS) is 22.7. The molecule has 0 saturated carbocycles. The number of piperidine rings is 1. The Hall–Kier alpha value is -1.91. The molecule has 0 aliphatic carbocycles. The summed E-state index contributed by atoms with van der Waals surface area (Å²) in [7, 11) is 0. The molecule has 2 aliphatic heterocycles. The Morgan fingerprint density at radius 1 is 1.11 bits per heavy atom. The fourth-order valence-corrected chi connectivity index (χ4v) is 5.05. The van der Waals surface area contributed by atoms with Crippen LogP contribution in [0, 0.1) is 0 Å². The fraction of sp³-hybridized carbons (Fsp3) is 0.478. The number of amides is 1. The summed E-state index contributed by atoms with van der Waals surface area (Å²) in [6, 6.07) is 12.1. The van der Waals surface area contributed by atoms with Crippen LogP contribution < -0.4 is 0 Å². The van der Waals surface area contributed by atoms with Gasteiger partial charge in [-0.25, -0.2) is 0 Å². The molecule has 0 radical (unpaired) electrons. The van der Waals surface area contributed by atoms with Gasteiger partial charge < -0.3 is 4.90 Å². The molecule has 4 nitrogen and oxygen atoms in total. The molecule has 2 fully saturated rings. The van der Waals surface area contributed by atoms with Gasteiger partial charge in [-0.3, -0.25) is 14.7 Å². The van der Waals surface area contributed by atoms with Crippen molar-refractivity contribution in [2.75, 3.05) is 19.6 Å². The average Bonchev–Trinajstić information content (AvgIpc) is 3.08. The van der Waals surface area contributed by atoms with Crippen molar-refractivity contribution in [2.24, 2.45) is 0 Å². The molecule has 1 atom stereocenters. The number of nitrogens with zero attached hydrogens (tertiary/aromatic N) is 3. The first-order chi connectivity index (χ1) is 13.6. The van der Waals surface area contributed by atoms with Gasteiger partial charge in [0.25, 0.3) is 0 Å². The highest BCUT2D eigenvalue weighted by Gasteiger charge is 2.44. The average molecular weight is 398 g/mol. The van der Waals surface area contributed by atoms with E-state index in [2.05, 4.69) is 26.9 Å². The van der Waals surface area contributed by atoms with Gasteiger partial charge in [0.2, 0.25) is 5.91 Å². The molecule has 0 bridgehead atoms. The van der Waals surface area contributed by atoms with Crippen molar-refractivity contribution in [3.05, 3.63) is 64.9 Å². The van der Waals surface area contributed by atoms with Gasteiger partial charge in [0.15, 0.2) is 0 Å². The lowest BCUT2D eigenvalue weighted by Crippen LogP contribution is -2.56. The van der Waals surface area contributed by atoms with Gasteiger partial charge >= 0.3 is 0 Å². The van der Waals surface area contributed by atoms with E-state index in [1.165, 1.54) is 24.8 Å². The summed E-state index contributed by atoms with van der Waals surface area (Å²) in [4.78, 5) is 21.7. The molecule has 1 spiro atoms. The van der Waals surface area contributed by atoms with E-state index < -0.39 is 0 Å². The number of hydrogen-bond donors (Lipinski definition) is 0. The Bertz CT molecular complexity index is 813. The Balaban J connectivity index is 1.40. The van der Waals surface area contributed by atoms with Crippen molar-refractivity contribution in [3.8, 4) is 0 Å². The smallest absolute Gasteiger partial charge is 0.222 e. The van der Waals surface area contributed by atoms with Crippen LogP contribution in [-0.2, 0) is 17.8 Å². The number of halogens is 1. The van der Waals surface area contributed by atoms with E-state index >= 15 is 0 Å². The van der Waals surface area contributed by atoms with E-state index in [1.54, 1.807) is 6.20 Å². The second kappa shape index (κ2) is 8.62. The van der Waals surface area contributed by atoms with Crippen LogP contribution in [0.3, 0.4) is 0 Å². The summed E-state index contributed by atoms with van der Waals surface area (Å²) < 4.78 is 0. The van der Waals surface area contributed by atoms with Crippen molar-refractivity contribution in [3.63, 3.8) is 0 Å². The number of benzene rings is 1. The van der Waals surface area contributed by atoms with E-state index in [4.69, 9.17) is 11.6 Å². The molecule has 1 aromatic carbocycles. The first-order valence-corrected chi connectivity index (χ1v) is 10.7. The quantitative estimate of drug-likeness (QED) is 0.753. The zero-order valence-electron chi connectivity index (χ0n) is 16.3. The highest BCUT2D eigenvalue weighted by atomic mass is 35.5. The Morgan fingerprint density at radius 3 is 2.71 bits per heavy atom. The van der Waals surface area contributed by atoms with E-state index in [-0.39, 0.29) is 11.4 Å². The van der Waals surface area contributed by atoms with Crippen LogP contribution in [-0.4, -0.2) is 45.9 Å². The fourth-order valence-electron chi connectivity index (χ4n) is 4.84. The molecule has 2 aliphatic rings. The van der Waals surface area contributed by atoms with E-state index in [1.807, 2.05) is 30.5 Å². The molecule has 1 amide bonds. The Morgan fingerprint density at radius 2 is 1.93 bits per heavy atom. The lowest BCUT2D eigenvalue weighted by molar-refractivity contribution is -0.135. The number of rotatable bonds is 5. The largest absolute Gasteiger partial charge is 0.341 e. The lowest BCUT2D eigenvalue weighted by Gasteiger charge is -2.46. The van der Waals surface area contributed by atoms with Crippen LogP contribution in [0.25, 0.3) is 0 Å². The standard InChI is InChI=1S/C23H28ClN3O/c24-21-7-1-5-20(15-21)17-27-14-4-11-23(27)10-3-13-26(18-23)22(28)9-8-19-6-2-12-25-16-19/h1-2,5-7,12,15-16H,3-4,8-11,13-14,17-18H2/t23-/m1/s1. The van der Waals surface area contributed by atoms with Crippen molar-refractivity contribution >= 4 is 17.5 Å². The minimum Gasteiger partial charge on any atom is -0.341 e. The Kier molecular flexibility index (Phi) is 5.98. The second-order valence-corrected chi connectivity index (χ2v) is 8.60. The molecule has 4 rings (SSSR count). The maximum Gasteiger partial charge on any atom is 0.222 e. The third kappa shape index (κ3) is 4.39. The molecule has 2 aromatic rings. The maximum atomic E-state index is 12.9. The maximum absolute atomic E-state index is 12.9. The summed E-state index contributed by atoms with van der Waals surface area (Å²) in [6.45, 7) is 3.76. The number of carbonyl (C=O) groups is 1. The van der Waals surface area contributed by atoms with Gasteiger partial charge in [-0.05, 0) is 68.0 Å². The minimum atomic E-state index is 0.129. The third-order valence-electron chi connectivity index (χ3n) is 6.26. The molecule has 3 heterocycles. The van der Waals surface area contributed by atoms with Crippen LogP contribution in [0.4, 0.5) is 0 Å². The van der Waals surface area contributed by atoms with Crippen LogP contribution in [0.2, 0.25) is 5.02 Å². The van der Waals surface area contributed by atoms with Gasteiger partial charge in [-0.1, -0.05) is 29.8 Å². The van der Waals surface area contributed by atoms with E-state index in [0.717, 1.165) is 49.6 Å². The SMILES string of the molecule is O=C(CCc1cccnc1)N1CCC[C@@]2(CCCN2Cc2cccc(Cl)c2)C1. The molecule has 0 unspecified atom stereocenters. The van der Waals surface area contributed by atoms with Gasteiger partial charge in [0.05, 0.1) is 0 Å². The zero-order chi connectivity index (χ0) is 19.4. The van der Waals surface area contributed by atoms with Gasteiger partial charge in [-0.15, -0.1) is 0 Å². The summed E-state index contributed by atoms with van der Waals surface area (Å²) in [6.07, 6.45) is 9.62. The van der Waals surface area contributed by atoms with Gasteiger partial charge in [-0.2, -0.15) is 0 Å².